The van der Waals surface area contributed by atoms with Crippen molar-refractivity contribution in [1.29, 1.82) is 0 Å². The van der Waals surface area contributed by atoms with Crippen molar-refractivity contribution in [2.24, 2.45) is 0 Å². The molecule has 3 heterocycles. The number of benzene rings is 2. The van der Waals surface area contributed by atoms with Crippen LogP contribution in [0.3, 0.4) is 0 Å². The molecule has 0 spiro atoms. The lowest BCUT2D eigenvalue weighted by atomic mass is 9.98. The molecule has 2 aromatic heterocycles. The van der Waals surface area contributed by atoms with Crippen molar-refractivity contribution in [3.63, 3.8) is 0 Å². The molecule has 1 aliphatic rings. The maximum absolute atomic E-state index is 6.69. The summed E-state index contributed by atoms with van der Waals surface area (Å²) in [6, 6.07) is 14.8. The number of rotatable bonds is 6. The number of nitrogens with zero attached hydrogens (tertiary/aromatic N) is 2. The van der Waals surface area contributed by atoms with Crippen LogP contribution in [0.2, 0.25) is 5.02 Å². The van der Waals surface area contributed by atoms with Crippen LogP contribution in [0.4, 0.5) is 5.82 Å². The Balaban J connectivity index is 1.60. The van der Waals surface area contributed by atoms with E-state index in [1.54, 1.807) is 12.3 Å². The van der Waals surface area contributed by atoms with Gasteiger partial charge in [-0.3, -0.25) is 4.98 Å². The molecule has 5 rings (SSSR count). The maximum atomic E-state index is 6.69. The first-order valence-electron chi connectivity index (χ1n) is 12.3. The number of nitrogen functional groups attached to an aromatic ring is 1. The number of halogens is 1. The fourth-order valence-electron chi connectivity index (χ4n) is 4.94. The SMILES string of the molecule is Cc1cc(C)cc(-c2cnc3cc(Cl)c(-c4ccc(N)nc4)cc3c2OCCC2CCCCN2)c1. The Bertz CT molecular complexity index is 1330. The van der Waals surface area contributed by atoms with Crippen molar-refractivity contribution < 1.29 is 4.74 Å². The molecule has 5 nitrogen and oxygen atoms in total. The van der Waals surface area contributed by atoms with Gasteiger partial charge in [0.2, 0.25) is 0 Å². The summed E-state index contributed by atoms with van der Waals surface area (Å²) in [4.78, 5) is 9.02. The molecule has 4 aromatic rings. The van der Waals surface area contributed by atoms with Crippen molar-refractivity contribution in [3.05, 3.63) is 71.0 Å². The van der Waals surface area contributed by atoms with Crippen LogP contribution in [0.1, 0.15) is 36.8 Å². The highest BCUT2D eigenvalue weighted by Gasteiger charge is 2.18. The number of nitrogens with one attached hydrogen (secondary N) is 1. The first-order valence-corrected chi connectivity index (χ1v) is 12.6. The summed E-state index contributed by atoms with van der Waals surface area (Å²) in [6.07, 6.45) is 8.37. The fraction of sp³-hybridized carbons (Fsp3) is 0.310. The number of piperidine rings is 1. The van der Waals surface area contributed by atoms with E-state index in [0.717, 1.165) is 51.9 Å². The predicted molar refractivity (Wildman–Crippen MR) is 145 cm³/mol. The molecule has 35 heavy (non-hydrogen) atoms. The first kappa shape index (κ1) is 23.6. The number of fused-ring (bicyclic) bond motifs is 1. The van der Waals surface area contributed by atoms with E-state index in [2.05, 4.69) is 48.4 Å². The molecule has 0 aliphatic carbocycles. The lowest BCUT2D eigenvalue weighted by molar-refractivity contribution is 0.271. The third kappa shape index (κ3) is 5.26. The number of nitrogens with two attached hydrogens (primary N) is 1. The zero-order valence-electron chi connectivity index (χ0n) is 20.3. The van der Waals surface area contributed by atoms with Gasteiger partial charge >= 0.3 is 0 Å². The van der Waals surface area contributed by atoms with E-state index >= 15 is 0 Å². The van der Waals surface area contributed by atoms with E-state index < -0.39 is 0 Å². The molecule has 1 fully saturated rings. The zero-order chi connectivity index (χ0) is 24.4. The van der Waals surface area contributed by atoms with Crippen LogP contribution in [0.25, 0.3) is 33.2 Å². The van der Waals surface area contributed by atoms with Gasteiger partial charge in [0, 0.05) is 40.5 Å². The molecular formula is C29H31ClN4O. The third-order valence-corrected chi connectivity index (χ3v) is 6.98. The second kappa shape index (κ2) is 10.2. The van der Waals surface area contributed by atoms with Crippen LogP contribution in [0.15, 0.2) is 54.9 Å². The molecule has 180 valence electrons. The molecule has 1 atom stereocenters. The van der Waals surface area contributed by atoms with Gasteiger partial charge in [-0.2, -0.15) is 0 Å². The van der Waals surface area contributed by atoms with Crippen molar-refractivity contribution in [2.45, 2.75) is 45.6 Å². The van der Waals surface area contributed by atoms with E-state index in [9.17, 15) is 0 Å². The molecule has 0 saturated carbocycles. The van der Waals surface area contributed by atoms with Crippen LogP contribution in [-0.4, -0.2) is 29.2 Å². The second-order valence-corrected chi connectivity index (χ2v) is 9.89. The molecule has 3 N–H and O–H groups in total. The molecule has 0 radical (unpaired) electrons. The van der Waals surface area contributed by atoms with Gasteiger partial charge in [-0.25, -0.2) is 4.98 Å². The predicted octanol–water partition coefficient (Wildman–Crippen LogP) is 6.73. The standard InChI is InChI=1S/C29H31ClN4O/c1-18-11-19(2)13-21(12-18)25-17-33-27-15-26(30)23(20-6-7-28(31)34-16-20)14-24(27)29(25)35-10-8-22-5-3-4-9-32-22/h6-7,11-17,22,32H,3-5,8-10H2,1-2H3,(H2,31,34). The number of hydrogen-bond acceptors (Lipinski definition) is 5. The van der Waals surface area contributed by atoms with Crippen LogP contribution in [-0.2, 0) is 0 Å². The van der Waals surface area contributed by atoms with Crippen molar-refractivity contribution in [3.8, 4) is 28.0 Å². The molecule has 6 heteroatoms. The molecule has 2 aromatic carbocycles. The van der Waals surface area contributed by atoms with Crippen molar-refractivity contribution >= 4 is 28.3 Å². The average molecular weight is 487 g/mol. The lowest BCUT2D eigenvalue weighted by Crippen LogP contribution is -2.35. The van der Waals surface area contributed by atoms with E-state index in [1.165, 1.54) is 30.4 Å². The van der Waals surface area contributed by atoms with Gasteiger partial charge in [-0.05, 0) is 69.5 Å². The van der Waals surface area contributed by atoms with E-state index in [0.29, 0.717) is 23.5 Å². The van der Waals surface area contributed by atoms with Gasteiger partial charge in [0.05, 0.1) is 17.1 Å². The van der Waals surface area contributed by atoms with Crippen LogP contribution in [0.5, 0.6) is 5.75 Å². The normalized spacial score (nSPS) is 15.9. The minimum atomic E-state index is 0.477. The van der Waals surface area contributed by atoms with E-state index in [-0.39, 0.29) is 0 Å². The summed E-state index contributed by atoms with van der Waals surface area (Å²) in [6.45, 7) is 5.96. The van der Waals surface area contributed by atoms with Crippen molar-refractivity contribution in [1.82, 2.24) is 15.3 Å². The Labute approximate surface area is 211 Å². The third-order valence-electron chi connectivity index (χ3n) is 6.66. The van der Waals surface area contributed by atoms with Gasteiger partial charge in [0.15, 0.2) is 0 Å². The average Bonchev–Trinajstić information content (AvgIpc) is 2.84. The van der Waals surface area contributed by atoms with Gasteiger partial charge in [-0.1, -0.05) is 47.3 Å². The highest BCUT2D eigenvalue weighted by Crippen LogP contribution is 2.40. The molecule has 1 aliphatic heterocycles. The maximum Gasteiger partial charge on any atom is 0.138 e. The van der Waals surface area contributed by atoms with Crippen LogP contribution in [0, 0.1) is 13.8 Å². The summed E-state index contributed by atoms with van der Waals surface area (Å²) in [7, 11) is 0. The second-order valence-electron chi connectivity index (χ2n) is 9.48. The summed E-state index contributed by atoms with van der Waals surface area (Å²) in [5.41, 5.74) is 12.9. The quantitative estimate of drug-likeness (QED) is 0.316. The molecular weight excluding hydrogens is 456 g/mol. The van der Waals surface area contributed by atoms with E-state index in [4.69, 9.17) is 27.1 Å². The minimum absolute atomic E-state index is 0.477. The van der Waals surface area contributed by atoms with Gasteiger partial charge < -0.3 is 15.8 Å². The largest absolute Gasteiger partial charge is 0.492 e. The topological polar surface area (TPSA) is 73.1 Å². The van der Waals surface area contributed by atoms with Crippen LogP contribution >= 0.6 is 11.6 Å². The Morgan fingerprint density at radius 1 is 0.971 bits per heavy atom. The van der Waals surface area contributed by atoms with Crippen molar-refractivity contribution in [2.75, 3.05) is 18.9 Å². The monoisotopic (exact) mass is 486 g/mol. The number of hydrogen-bond donors (Lipinski definition) is 2. The highest BCUT2D eigenvalue weighted by molar-refractivity contribution is 6.34. The van der Waals surface area contributed by atoms with E-state index in [1.807, 2.05) is 18.3 Å². The Morgan fingerprint density at radius 3 is 2.51 bits per heavy atom. The van der Waals surface area contributed by atoms with Crippen LogP contribution < -0.4 is 15.8 Å². The molecule has 1 saturated heterocycles. The zero-order valence-corrected chi connectivity index (χ0v) is 21.0. The highest BCUT2D eigenvalue weighted by atomic mass is 35.5. The number of anilines is 1. The molecule has 0 amide bonds. The molecule has 1 unspecified atom stereocenters. The Hall–Kier alpha value is -3.15. The minimum Gasteiger partial charge on any atom is -0.492 e. The number of pyridine rings is 2. The lowest BCUT2D eigenvalue weighted by Gasteiger charge is -2.24. The summed E-state index contributed by atoms with van der Waals surface area (Å²) >= 11 is 6.69. The fourth-order valence-corrected chi connectivity index (χ4v) is 5.21. The summed E-state index contributed by atoms with van der Waals surface area (Å²) < 4.78 is 6.58. The molecule has 0 bridgehead atoms. The number of ether oxygens (including phenoxy) is 1. The van der Waals surface area contributed by atoms with Gasteiger partial charge in [0.25, 0.3) is 0 Å². The Morgan fingerprint density at radius 2 is 1.80 bits per heavy atom. The van der Waals surface area contributed by atoms with Gasteiger partial charge in [0.1, 0.15) is 11.6 Å². The number of aryl methyl sites for hydroxylation is 2. The van der Waals surface area contributed by atoms with Gasteiger partial charge in [-0.15, -0.1) is 0 Å². The summed E-state index contributed by atoms with van der Waals surface area (Å²) in [5, 5.41) is 5.18. The number of aromatic nitrogens is 2. The summed E-state index contributed by atoms with van der Waals surface area (Å²) in [5.74, 6) is 1.32. The Kier molecular flexibility index (Phi) is 6.89. The first-order chi connectivity index (χ1) is 17.0. The smallest absolute Gasteiger partial charge is 0.138 e.